The van der Waals surface area contributed by atoms with Crippen molar-refractivity contribution in [1.82, 2.24) is 0 Å². The Bertz CT molecular complexity index is 1420. The van der Waals surface area contributed by atoms with Gasteiger partial charge in [0.15, 0.2) is 0 Å². The molecule has 1 heterocycles. The number of allylic oxidation sites excluding steroid dienone is 5. The fourth-order valence-corrected chi connectivity index (χ4v) is 6.97. The second-order valence-corrected chi connectivity index (χ2v) is 9.32. The fourth-order valence-electron chi connectivity index (χ4n) is 5.67. The second-order valence-electron chi connectivity index (χ2n) is 8.27. The summed E-state index contributed by atoms with van der Waals surface area (Å²) in [4.78, 5) is 0. The van der Waals surface area contributed by atoms with E-state index < -0.39 is 0 Å². The summed E-state index contributed by atoms with van der Waals surface area (Å²) in [5.41, 5.74) is 9.34. The molecule has 0 N–H and O–H groups in total. The molecule has 0 radical (unpaired) electrons. The van der Waals surface area contributed by atoms with Gasteiger partial charge < -0.3 is 0 Å². The van der Waals surface area contributed by atoms with Crippen LogP contribution in [0, 0.1) is 0 Å². The molecule has 4 aromatic rings. The first-order valence-corrected chi connectivity index (χ1v) is 11.2. The summed E-state index contributed by atoms with van der Waals surface area (Å²) >= 11 is 1.99. The molecule has 0 aliphatic heterocycles. The molecule has 0 bridgehead atoms. The van der Waals surface area contributed by atoms with Gasteiger partial charge in [0.1, 0.15) is 0 Å². The van der Waals surface area contributed by atoms with Gasteiger partial charge in [-0.05, 0) is 82.3 Å². The van der Waals surface area contributed by atoms with Gasteiger partial charge in [0.25, 0.3) is 0 Å². The lowest BCUT2D eigenvalue weighted by Crippen LogP contribution is -1.99. The van der Waals surface area contributed by atoms with Gasteiger partial charge >= 0.3 is 0 Å². The maximum atomic E-state index is 2.42. The van der Waals surface area contributed by atoms with Gasteiger partial charge in [-0.2, -0.15) is 0 Å². The lowest BCUT2D eigenvalue weighted by molar-refractivity contribution is 1.00. The molecule has 0 saturated heterocycles. The Morgan fingerprint density at radius 3 is 2.64 bits per heavy atom. The van der Waals surface area contributed by atoms with Crippen LogP contribution in [0.2, 0.25) is 0 Å². The zero-order valence-corrected chi connectivity index (χ0v) is 16.5. The first-order chi connectivity index (χ1) is 13.9. The van der Waals surface area contributed by atoms with E-state index in [1.165, 1.54) is 61.3 Å². The molecule has 3 aromatic carbocycles. The molecule has 0 fully saturated rings. The highest BCUT2D eigenvalue weighted by Gasteiger charge is 2.27. The zero-order valence-electron chi connectivity index (χ0n) is 15.7. The minimum atomic E-state index is 1.10. The van der Waals surface area contributed by atoms with Crippen LogP contribution < -0.4 is 0 Å². The van der Waals surface area contributed by atoms with Crippen LogP contribution in [0.25, 0.3) is 42.6 Å². The van der Waals surface area contributed by atoms with E-state index in [-0.39, 0.29) is 0 Å². The Morgan fingerprint density at radius 2 is 1.64 bits per heavy atom. The fraction of sp³-hybridized carbons (Fsp3) is 0.185. The Morgan fingerprint density at radius 1 is 0.750 bits per heavy atom. The van der Waals surface area contributed by atoms with E-state index in [9.17, 15) is 0 Å². The molecule has 3 aliphatic rings. The van der Waals surface area contributed by atoms with Crippen molar-refractivity contribution in [3.05, 3.63) is 82.5 Å². The van der Waals surface area contributed by atoms with E-state index in [4.69, 9.17) is 0 Å². The summed E-state index contributed by atoms with van der Waals surface area (Å²) in [6.07, 6.45) is 15.3. The number of hydrogen-bond acceptors (Lipinski definition) is 1. The maximum Gasteiger partial charge on any atom is 0.0399 e. The Kier molecular flexibility index (Phi) is 2.98. The molecule has 7 rings (SSSR count). The van der Waals surface area contributed by atoms with Crippen molar-refractivity contribution >= 4 is 53.9 Å². The molecule has 28 heavy (non-hydrogen) atoms. The zero-order chi connectivity index (χ0) is 18.2. The number of thiophene rings is 1. The molecular weight excluding hydrogens is 356 g/mol. The molecule has 0 spiro atoms. The van der Waals surface area contributed by atoms with Crippen LogP contribution in [0.3, 0.4) is 0 Å². The Balaban J connectivity index is 1.70. The first kappa shape index (κ1) is 15.3. The molecular formula is C27H20S. The minimum absolute atomic E-state index is 1.10. The molecule has 134 valence electrons. The van der Waals surface area contributed by atoms with Crippen LogP contribution in [0.4, 0.5) is 0 Å². The first-order valence-electron chi connectivity index (χ1n) is 10.4. The van der Waals surface area contributed by atoms with Crippen LogP contribution in [-0.2, 0) is 12.8 Å². The summed E-state index contributed by atoms with van der Waals surface area (Å²) in [6, 6.07) is 13.8. The Labute approximate surface area is 168 Å². The molecule has 0 unspecified atom stereocenters. The molecule has 0 amide bonds. The highest BCUT2D eigenvalue weighted by Crippen LogP contribution is 2.49. The number of hydrogen-bond donors (Lipinski definition) is 0. The number of benzene rings is 3. The van der Waals surface area contributed by atoms with Gasteiger partial charge in [-0.3, -0.25) is 0 Å². The van der Waals surface area contributed by atoms with Crippen LogP contribution in [0.1, 0.15) is 41.5 Å². The maximum absolute atomic E-state index is 2.42. The van der Waals surface area contributed by atoms with Gasteiger partial charge in [0.05, 0.1) is 0 Å². The van der Waals surface area contributed by atoms with Crippen molar-refractivity contribution in [2.45, 2.75) is 32.1 Å². The average molecular weight is 377 g/mol. The van der Waals surface area contributed by atoms with E-state index in [0.29, 0.717) is 0 Å². The quantitative estimate of drug-likeness (QED) is 0.293. The van der Waals surface area contributed by atoms with E-state index in [1.807, 2.05) is 11.3 Å². The van der Waals surface area contributed by atoms with Gasteiger partial charge in [0, 0.05) is 20.2 Å². The third kappa shape index (κ3) is 1.85. The monoisotopic (exact) mass is 376 g/mol. The second kappa shape index (κ2) is 5.46. The molecule has 3 aliphatic carbocycles. The summed E-state index contributed by atoms with van der Waals surface area (Å²) in [6.45, 7) is 0. The number of aryl methyl sites for hydroxylation is 1. The standard InChI is InChI=1S/C27H20S/c1-2-8-17-16(7-1)15-23-18(17)13-14-22-25(23)19-9-3-4-10-20(19)27-26(22)21-11-5-6-12-24(21)28-27/h1,3,5-7,9,11-14H,2,4,8,10,15H2. The largest absolute Gasteiger partial charge is 0.135 e. The lowest BCUT2D eigenvalue weighted by atomic mass is 9.85. The topological polar surface area (TPSA) is 0 Å². The normalized spacial score (nSPS) is 17.6. The highest BCUT2D eigenvalue weighted by atomic mass is 32.1. The van der Waals surface area contributed by atoms with Crippen molar-refractivity contribution in [2.75, 3.05) is 0 Å². The van der Waals surface area contributed by atoms with E-state index in [0.717, 1.165) is 12.8 Å². The third-order valence-electron chi connectivity index (χ3n) is 6.85. The third-order valence-corrected chi connectivity index (χ3v) is 8.08. The van der Waals surface area contributed by atoms with Crippen LogP contribution >= 0.6 is 11.3 Å². The van der Waals surface area contributed by atoms with E-state index >= 15 is 0 Å². The molecule has 0 nitrogen and oxygen atoms in total. The predicted octanol–water partition coefficient (Wildman–Crippen LogP) is 7.83. The number of fused-ring (bicyclic) bond motifs is 11. The summed E-state index contributed by atoms with van der Waals surface area (Å²) < 4.78 is 2.94. The molecule has 0 saturated carbocycles. The van der Waals surface area contributed by atoms with Gasteiger partial charge in [-0.25, -0.2) is 0 Å². The Hall–Kier alpha value is -2.64. The van der Waals surface area contributed by atoms with Crippen molar-refractivity contribution in [2.24, 2.45) is 0 Å². The minimum Gasteiger partial charge on any atom is -0.135 e. The summed E-state index contributed by atoms with van der Waals surface area (Å²) in [5.74, 6) is 0. The van der Waals surface area contributed by atoms with Crippen molar-refractivity contribution in [3.63, 3.8) is 0 Å². The van der Waals surface area contributed by atoms with Crippen molar-refractivity contribution in [1.29, 1.82) is 0 Å². The molecule has 1 heteroatoms. The van der Waals surface area contributed by atoms with Gasteiger partial charge in [0.2, 0.25) is 0 Å². The van der Waals surface area contributed by atoms with E-state index in [1.54, 1.807) is 22.3 Å². The lowest BCUT2D eigenvalue weighted by Gasteiger charge is -2.19. The smallest absolute Gasteiger partial charge is 0.0399 e. The van der Waals surface area contributed by atoms with Crippen molar-refractivity contribution in [3.8, 4) is 0 Å². The van der Waals surface area contributed by atoms with Crippen LogP contribution in [0.5, 0.6) is 0 Å². The van der Waals surface area contributed by atoms with Gasteiger partial charge in [-0.15, -0.1) is 11.3 Å². The van der Waals surface area contributed by atoms with Crippen LogP contribution in [-0.4, -0.2) is 0 Å². The van der Waals surface area contributed by atoms with Crippen molar-refractivity contribution < 1.29 is 0 Å². The highest BCUT2D eigenvalue weighted by molar-refractivity contribution is 7.26. The van der Waals surface area contributed by atoms with Crippen LogP contribution in [0.15, 0.2) is 60.2 Å². The average Bonchev–Trinajstić information content (AvgIpc) is 3.32. The summed E-state index contributed by atoms with van der Waals surface area (Å²) in [5, 5.41) is 5.91. The molecule has 0 atom stereocenters. The van der Waals surface area contributed by atoms with E-state index in [2.05, 4.69) is 60.7 Å². The number of rotatable bonds is 0. The summed E-state index contributed by atoms with van der Waals surface area (Å²) in [7, 11) is 0. The predicted molar refractivity (Wildman–Crippen MR) is 123 cm³/mol. The van der Waals surface area contributed by atoms with Gasteiger partial charge in [-0.1, -0.05) is 54.6 Å². The molecule has 1 aromatic heterocycles. The SMILES string of the molecule is C1=CC2=C(CC1)c1ccc3c(c4c(c5sc6ccccc6c53)CCC=C4)c1C2.